The molecule has 0 radical (unpaired) electrons. The molecule has 0 saturated carbocycles. The fraction of sp³-hybridized carbons (Fsp3) is 0.188. The van der Waals surface area contributed by atoms with E-state index in [0.717, 1.165) is 10.2 Å². The minimum atomic E-state index is -0.588. The Hall–Kier alpha value is -2.43. The lowest BCUT2D eigenvalue weighted by atomic mass is 10.2. The Bertz CT molecular complexity index is 1060. The molecule has 1 amide bonds. The van der Waals surface area contributed by atoms with Crippen LogP contribution in [0, 0.1) is 17.0 Å². The SMILES string of the molecule is Cc1cc([N+](=O)[O-])n(CC(=O)Nc2nn(Cc3ccc(Cl)c(Cl)c3)cc2Br)n1. The van der Waals surface area contributed by atoms with E-state index in [1.807, 2.05) is 6.07 Å². The van der Waals surface area contributed by atoms with E-state index in [9.17, 15) is 14.9 Å². The number of nitro groups is 1. The van der Waals surface area contributed by atoms with E-state index in [1.165, 1.54) is 6.07 Å². The summed E-state index contributed by atoms with van der Waals surface area (Å²) < 4.78 is 3.21. The van der Waals surface area contributed by atoms with Crippen molar-refractivity contribution < 1.29 is 9.72 Å². The molecule has 2 heterocycles. The number of carbonyl (C=O) groups is 1. The molecule has 0 aliphatic heterocycles. The molecule has 3 rings (SSSR count). The van der Waals surface area contributed by atoms with Gasteiger partial charge in [-0.1, -0.05) is 34.4 Å². The van der Waals surface area contributed by atoms with Gasteiger partial charge in [-0.2, -0.15) is 5.10 Å². The van der Waals surface area contributed by atoms with Gasteiger partial charge in [-0.15, -0.1) is 4.68 Å². The number of nitrogens with zero attached hydrogens (tertiary/aromatic N) is 5. The molecule has 0 atom stereocenters. The van der Waals surface area contributed by atoms with Gasteiger partial charge in [-0.25, -0.2) is 0 Å². The van der Waals surface area contributed by atoms with Crippen LogP contribution < -0.4 is 5.32 Å². The summed E-state index contributed by atoms with van der Waals surface area (Å²) in [7, 11) is 0. The highest BCUT2D eigenvalue weighted by Gasteiger charge is 2.20. The number of rotatable bonds is 6. The van der Waals surface area contributed by atoms with Crippen LogP contribution in [0.4, 0.5) is 11.6 Å². The molecule has 2 aromatic heterocycles. The summed E-state index contributed by atoms with van der Waals surface area (Å²) in [6, 6.07) is 6.55. The van der Waals surface area contributed by atoms with Crippen LogP contribution in [-0.2, 0) is 17.9 Å². The first-order valence-electron chi connectivity index (χ1n) is 7.88. The summed E-state index contributed by atoms with van der Waals surface area (Å²) in [6.07, 6.45) is 1.69. The highest BCUT2D eigenvalue weighted by molar-refractivity contribution is 9.10. The molecule has 0 aliphatic rings. The third-order valence-electron chi connectivity index (χ3n) is 3.66. The molecule has 1 N–H and O–H groups in total. The van der Waals surface area contributed by atoms with Crippen LogP contribution in [0.15, 0.2) is 34.9 Å². The number of hydrogen-bond donors (Lipinski definition) is 1. The van der Waals surface area contributed by atoms with Crippen molar-refractivity contribution in [2.24, 2.45) is 0 Å². The summed E-state index contributed by atoms with van der Waals surface area (Å²) in [5.74, 6) is -0.458. The van der Waals surface area contributed by atoms with E-state index in [0.29, 0.717) is 26.8 Å². The number of hydrogen-bond acceptors (Lipinski definition) is 5. The van der Waals surface area contributed by atoms with Crippen molar-refractivity contribution in [1.29, 1.82) is 0 Å². The maximum absolute atomic E-state index is 12.3. The van der Waals surface area contributed by atoms with E-state index in [-0.39, 0.29) is 18.2 Å². The highest BCUT2D eigenvalue weighted by atomic mass is 79.9. The Labute approximate surface area is 177 Å². The van der Waals surface area contributed by atoms with E-state index in [4.69, 9.17) is 23.2 Å². The average Bonchev–Trinajstić information content (AvgIpc) is 3.13. The fourth-order valence-corrected chi connectivity index (χ4v) is 3.23. The lowest BCUT2D eigenvalue weighted by Gasteiger charge is -2.04. The molecule has 0 bridgehead atoms. The topological polar surface area (TPSA) is 108 Å². The molecule has 28 heavy (non-hydrogen) atoms. The molecule has 1 aromatic carbocycles. The van der Waals surface area contributed by atoms with Gasteiger partial charge in [0.05, 0.1) is 32.8 Å². The smallest absolute Gasteiger partial charge is 0.345 e. The van der Waals surface area contributed by atoms with Crippen molar-refractivity contribution in [3.8, 4) is 0 Å². The average molecular weight is 488 g/mol. The molecular formula is C16H13BrCl2N6O3. The lowest BCUT2D eigenvalue weighted by molar-refractivity contribution is -0.392. The molecule has 12 heteroatoms. The normalized spacial score (nSPS) is 10.9. The summed E-state index contributed by atoms with van der Waals surface area (Å²) in [5.41, 5.74) is 1.33. The Morgan fingerprint density at radius 2 is 2.04 bits per heavy atom. The van der Waals surface area contributed by atoms with Crippen LogP contribution >= 0.6 is 39.1 Å². The van der Waals surface area contributed by atoms with Gasteiger partial charge < -0.3 is 15.4 Å². The number of carbonyl (C=O) groups excluding carboxylic acids is 1. The molecule has 0 fully saturated rings. The van der Waals surface area contributed by atoms with Crippen molar-refractivity contribution in [2.75, 3.05) is 5.32 Å². The summed E-state index contributed by atoms with van der Waals surface area (Å²) in [4.78, 5) is 22.7. The zero-order chi connectivity index (χ0) is 20.4. The maximum Gasteiger partial charge on any atom is 0.345 e. The third-order valence-corrected chi connectivity index (χ3v) is 4.98. The van der Waals surface area contributed by atoms with Gasteiger partial charge in [0.2, 0.25) is 0 Å². The van der Waals surface area contributed by atoms with E-state index in [2.05, 4.69) is 31.4 Å². The Morgan fingerprint density at radius 3 is 2.71 bits per heavy atom. The predicted molar refractivity (Wildman–Crippen MR) is 108 cm³/mol. The maximum atomic E-state index is 12.3. The van der Waals surface area contributed by atoms with Gasteiger partial charge in [0, 0.05) is 6.20 Å². The minimum Gasteiger partial charge on any atom is -0.358 e. The molecule has 0 saturated heterocycles. The standard InChI is InChI=1S/C16H13BrCl2N6O3/c1-9-4-15(25(27)28)24(21-9)8-14(26)20-16-11(17)7-23(22-16)6-10-2-3-12(18)13(19)5-10/h2-5,7H,6,8H2,1H3,(H,20,22,26). The lowest BCUT2D eigenvalue weighted by Crippen LogP contribution is -2.21. The molecule has 0 spiro atoms. The number of aryl methyl sites for hydroxylation is 1. The second-order valence-electron chi connectivity index (χ2n) is 5.88. The Kier molecular flexibility index (Phi) is 6.01. The van der Waals surface area contributed by atoms with Gasteiger partial charge in [0.15, 0.2) is 12.4 Å². The van der Waals surface area contributed by atoms with Crippen LogP contribution in [0.1, 0.15) is 11.3 Å². The van der Waals surface area contributed by atoms with Crippen LogP contribution in [0.3, 0.4) is 0 Å². The molecule has 9 nitrogen and oxygen atoms in total. The second kappa shape index (κ2) is 8.29. The van der Waals surface area contributed by atoms with Gasteiger partial charge in [-0.3, -0.25) is 9.48 Å². The third kappa shape index (κ3) is 4.70. The van der Waals surface area contributed by atoms with Gasteiger partial charge in [-0.05, 0) is 45.5 Å². The van der Waals surface area contributed by atoms with E-state index in [1.54, 1.807) is 29.9 Å². The first-order valence-corrected chi connectivity index (χ1v) is 9.43. The van der Waals surface area contributed by atoms with Crippen LogP contribution in [0.25, 0.3) is 0 Å². The van der Waals surface area contributed by atoms with Crippen LogP contribution in [0.5, 0.6) is 0 Å². The minimum absolute atomic E-state index is 0.253. The van der Waals surface area contributed by atoms with Crippen molar-refractivity contribution >= 4 is 56.7 Å². The second-order valence-corrected chi connectivity index (χ2v) is 7.55. The highest BCUT2D eigenvalue weighted by Crippen LogP contribution is 2.25. The van der Waals surface area contributed by atoms with Crippen molar-refractivity contribution in [2.45, 2.75) is 20.0 Å². The Morgan fingerprint density at radius 1 is 1.29 bits per heavy atom. The number of aromatic nitrogens is 4. The summed E-state index contributed by atoms with van der Waals surface area (Å²) in [5, 5.41) is 22.8. The van der Waals surface area contributed by atoms with Crippen molar-refractivity contribution in [3.05, 3.63) is 66.4 Å². The molecular weight excluding hydrogens is 475 g/mol. The zero-order valence-corrected chi connectivity index (χ0v) is 17.5. The number of benzene rings is 1. The van der Waals surface area contributed by atoms with Crippen LogP contribution in [0.2, 0.25) is 10.0 Å². The largest absolute Gasteiger partial charge is 0.358 e. The molecule has 0 unspecified atom stereocenters. The zero-order valence-electron chi connectivity index (χ0n) is 14.4. The van der Waals surface area contributed by atoms with Gasteiger partial charge >= 0.3 is 5.82 Å². The first-order chi connectivity index (χ1) is 13.2. The van der Waals surface area contributed by atoms with E-state index >= 15 is 0 Å². The summed E-state index contributed by atoms with van der Waals surface area (Å²) in [6.45, 7) is 1.72. The van der Waals surface area contributed by atoms with Crippen molar-refractivity contribution in [3.63, 3.8) is 0 Å². The Balaban J connectivity index is 1.70. The fourth-order valence-electron chi connectivity index (χ4n) is 2.49. The van der Waals surface area contributed by atoms with Gasteiger partial charge in [0.25, 0.3) is 5.91 Å². The van der Waals surface area contributed by atoms with Crippen molar-refractivity contribution in [1.82, 2.24) is 19.6 Å². The molecule has 3 aromatic rings. The number of nitrogens with one attached hydrogen (secondary N) is 1. The molecule has 0 aliphatic carbocycles. The summed E-state index contributed by atoms with van der Waals surface area (Å²) >= 11 is 15.3. The van der Waals surface area contributed by atoms with E-state index < -0.39 is 10.8 Å². The predicted octanol–water partition coefficient (Wildman–Crippen LogP) is 4.05. The number of halogens is 3. The number of amides is 1. The molecule has 146 valence electrons. The van der Waals surface area contributed by atoms with Gasteiger partial charge in [0.1, 0.15) is 0 Å². The number of anilines is 1. The quantitative estimate of drug-likeness (QED) is 0.416. The first kappa shape index (κ1) is 20.3. The van der Waals surface area contributed by atoms with Crippen LogP contribution in [-0.4, -0.2) is 30.4 Å². The monoisotopic (exact) mass is 486 g/mol.